The van der Waals surface area contributed by atoms with Crippen molar-refractivity contribution in [3.8, 4) is 6.07 Å². The fraction of sp³-hybridized carbons (Fsp3) is 0.105. The predicted molar refractivity (Wildman–Crippen MR) is 120 cm³/mol. The Balaban J connectivity index is 2.79. The van der Waals surface area contributed by atoms with Gasteiger partial charge in [-0.05, 0) is 24.3 Å². The van der Waals surface area contributed by atoms with E-state index >= 15 is 0 Å². The topological polar surface area (TPSA) is 70.4 Å². The number of nitrogens with zero attached hydrogens (tertiary/aromatic N) is 2. The van der Waals surface area contributed by atoms with Crippen LogP contribution < -0.4 is 0 Å². The van der Waals surface area contributed by atoms with Gasteiger partial charge in [-0.15, -0.1) is 0 Å². The summed E-state index contributed by atoms with van der Waals surface area (Å²) in [6.45, 7) is 0. The molecular weight excluding hydrogens is 517 g/mol. The number of likely N-dealkylation sites (N-methyl/N-ethyl adjacent to an activating group) is 1. The van der Waals surface area contributed by atoms with E-state index in [-0.39, 0.29) is 41.3 Å². The molecule has 2 aromatic carbocycles. The Morgan fingerprint density at radius 3 is 1.73 bits per heavy atom. The smallest absolute Gasteiger partial charge is 0.346 e. The molecule has 0 aliphatic heterocycles. The standard InChI is InChI=1S/C19H10Cl6N2O3/c1-27(2)18(28)8(7-26)17(13-9(20)3-5-11(22)15(13)24)30-19(29)14-10(21)4-6-12(23)16(14)25/h3-6H,1-2H3/b17-8-. The molecule has 0 fully saturated rings. The third-order valence-electron chi connectivity index (χ3n) is 3.67. The normalized spacial score (nSPS) is 11.4. The molecule has 11 heteroatoms. The SMILES string of the molecule is CN(C)C(=O)/C(C#N)=C(\OC(=O)c1c(Cl)ccc(Cl)c1Cl)c1c(Cl)ccc(Cl)c1Cl. The molecule has 0 aliphatic rings. The maximum Gasteiger partial charge on any atom is 0.346 e. The van der Waals surface area contributed by atoms with Crippen LogP contribution in [0.1, 0.15) is 15.9 Å². The van der Waals surface area contributed by atoms with Crippen LogP contribution in [0.15, 0.2) is 29.8 Å². The van der Waals surface area contributed by atoms with E-state index in [2.05, 4.69) is 0 Å². The summed E-state index contributed by atoms with van der Waals surface area (Å²) in [5.41, 5.74) is -0.943. The van der Waals surface area contributed by atoms with Gasteiger partial charge in [-0.3, -0.25) is 4.79 Å². The van der Waals surface area contributed by atoms with Crippen molar-refractivity contribution >= 4 is 87.2 Å². The van der Waals surface area contributed by atoms with E-state index in [0.29, 0.717) is 0 Å². The van der Waals surface area contributed by atoms with Crippen molar-refractivity contribution < 1.29 is 14.3 Å². The zero-order chi connectivity index (χ0) is 22.7. The van der Waals surface area contributed by atoms with Crippen LogP contribution in [0, 0.1) is 11.3 Å². The Kier molecular flexibility index (Phi) is 8.29. The Morgan fingerprint density at radius 1 is 0.833 bits per heavy atom. The Bertz CT molecular complexity index is 1120. The number of amides is 1. The van der Waals surface area contributed by atoms with E-state index in [1.54, 1.807) is 6.07 Å². The molecule has 0 bridgehead atoms. The van der Waals surface area contributed by atoms with Gasteiger partial charge in [-0.25, -0.2) is 4.79 Å². The zero-order valence-electron chi connectivity index (χ0n) is 15.2. The molecule has 2 aromatic rings. The van der Waals surface area contributed by atoms with Gasteiger partial charge in [0.05, 0.1) is 41.3 Å². The second kappa shape index (κ2) is 10.1. The number of halogens is 6. The number of esters is 1. The number of carbonyl (C=O) groups is 2. The lowest BCUT2D eigenvalue weighted by Crippen LogP contribution is -2.25. The highest BCUT2D eigenvalue weighted by molar-refractivity contribution is 6.46. The molecule has 0 radical (unpaired) electrons. The van der Waals surface area contributed by atoms with Crippen molar-refractivity contribution in [1.82, 2.24) is 4.90 Å². The Hall–Kier alpha value is -1.65. The minimum Gasteiger partial charge on any atom is -0.420 e. The summed E-state index contributed by atoms with van der Waals surface area (Å²) in [5, 5.41) is 9.34. The van der Waals surface area contributed by atoms with Crippen LogP contribution in [0.4, 0.5) is 0 Å². The lowest BCUT2D eigenvalue weighted by molar-refractivity contribution is -0.124. The highest BCUT2D eigenvalue weighted by Gasteiger charge is 2.29. The summed E-state index contributed by atoms with van der Waals surface area (Å²) < 4.78 is 5.40. The van der Waals surface area contributed by atoms with Crippen molar-refractivity contribution in [3.63, 3.8) is 0 Å². The number of hydrogen-bond acceptors (Lipinski definition) is 4. The lowest BCUT2D eigenvalue weighted by atomic mass is 10.1. The minimum atomic E-state index is -1.09. The molecule has 0 aliphatic carbocycles. The van der Waals surface area contributed by atoms with Gasteiger partial charge in [0, 0.05) is 14.1 Å². The van der Waals surface area contributed by atoms with E-state index in [0.717, 1.165) is 4.90 Å². The molecular formula is C19H10Cl6N2O3. The van der Waals surface area contributed by atoms with Crippen molar-refractivity contribution in [3.05, 3.63) is 71.1 Å². The highest BCUT2D eigenvalue weighted by Crippen LogP contribution is 2.40. The third kappa shape index (κ3) is 4.97. The number of nitriles is 1. The number of hydrogen-bond donors (Lipinski definition) is 0. The molecule has 0 atom stereocenters. The summed E-state index contributed by atoms with van der Waals surface area (Å²) in [5.74, 6) is -2.37. The van der Waals surface area contributed by atoms with Gasteiger partial charge in [0.2, 0.25) is 0 Å². The van der Waals surface area contributed by atoms with Crippen LogP contribution in [0.2, 0.25) is 30.1 Å². The van der Waals surface area contributed by atoms with Gasteiger partial charge in [-0.2, -0.15) is 5.26 Å². The zero-order valence-corrected chi connectivity index (χ0v) is 19.7. The van der Waals surface area contributed by atoms with Crippen LogP contribution >= 0.6 is 69.6 Å². The van der Waals surface area contributed by atoms with Crippen molar-refractivity contribution in [1.29, 1.82) is 5.26 Å². The first kappa shape index (κ1) is 24.6. The molecule has 0 aromatic heterocycles. The van der Waals surface area contributed by atoms with Gasteiger partial charge in [0.15, 0.2) is 11.3 Å². The Labute approximate surface area is 202 Å². The molecule has 1 amide bonds. The predicted octanol–water partition coefficient (Wildman–Crippen LogP) is 6.79. The number of ether oxygens (including phenoxy) is 1. The van der Waals surface area contributed by atoms with Crippen LogP contribution in [0.25, 0.3) is 5.76 Å². The molecule has 0 N–H and O–H groups in total. The van der Waals surface area contributed by atoms with Crippen molar-refractivity contribution in [2.24, 2.45) is 0 Å². The maximum atomic E-state index is 12.9. The summed E-state index contributed by atoms with van der Waals surface area (Å²) in [6.07, 6.45) is 0. The molecule has 0 spiro atoms. The van der Waals surface area contributed by atoms with Crippen LogP contribution in [-0.2, 0) is 9.53 Å². The first-order valence-corrected chi connectivity index (χ1v) is 10.1. The van der Waals surface area contributed by atoms with Gasteiger partial charge >= 0.3 is 5.97 Å². The molecule has 0 unspecified atom stereocenters. The molecule has 0 saturated heterocycles. The van der Waals surface area contributed by atoms with Gasteiger partial charge in [0.25, 0.3) is 5.91 Å². The van der Waals surface area contributed by atoms with Crippen LogP contribution in [0.3, 0.4) is 0 Å². The van der Waals surface area contributed by atoms with E-state index in [9.17, 15) is 14.9 Å². The first-order chi connectivity index (χ1) is 14.0. The third-order valence-corrected chi connectivity index (χ3v) is 5.91. The molecule has 2 rings (SSSR count). The largest absolute Gasteiger partial charge is 0.420 e. The molecule has 30 heavy (non-hydrogen) atoms. The number of benzene rings is 2. The van der Waals surface area contributed by atoms with Crippen LogP contribution in [-0.4, -0.2) is 30.9 Å². The number of rotatable bonds is 4. The average Bonchev–Trinajstić information content (AvgIpc) is 2.68. The molecule has 0 heterocycles. The second-order valence-corrected chi connectivity index (χ2v) is 8.23. The fourth-order valence-corrected chi connectivity index (χ4v) is 3.62. The fourth-order valence-electron chi connectivity index (χ4n) is 2.24. The highest BCUT2D eigenvalue weighted by atomic mass is 35.5. The minimum absolute atomic E-state index is 0.0187. The van der Waals surface area contributed by atoms with Gasteiger partial charge < -0.3 is 9.64 Å². The molecule has 0 saturated carbocycles. The summed E-state index contributed by atoms with van der Waals surface area (Å²) in [4.78, 5) is 26.6. The van der Waals surface area contributed by atoms with E-state index in [1.807, 2.05) is 0 Å². The van der Waals surface area contributed by atoms with E-state index < -0.39 is 23.2 Å². The maximum absolute atomic E-state index is 12.9. The van der Waals surface area contributed by atoms with Gasteiger partial charge in [0.1, 0.15) is 6.07 Å². The summed E-state index contributed by atoms with van der Waals surface area (Å²) in [7, 11) is 2.82. The van der Waals surface area contributed by atoms with E-state index in [1.165, 1.54) is 38.4 Å². The number of carbonyl (C=O) groups excluding carboxylic acids is 2. The summed E-state index contributed by atoms with van der Waals surface area (Å²) >= 11 is 36.6. The van der Waals surface area contributed by atoms with Crippen molar-refractivity contribution in [2.45, 2.75) is 0 Å². The quantitative estimate of drug-likeness (QED) is 0.145. The van der Waals surface area contributed by atoms with Crippen molar-refractivity contribution in [2.75, 3.05) is 14.1 Å². The first-order valence-electron chi connectivity index (χ1n) is 7.86. The Morgan fingerprint density at radius 2 is 1.27 bits per heavy atom. The monoisotopic (exact) mass is 524 g/mol. The van der Waals surface area contributed by atoms with E-state index in [4.69, 9.17) is 74.3 Å². The lowest BCUT2D eigenvalue weighted by Gasteiger charge is -2.17. The summed E-state index contributed by atoms with van der Waals surface area (Å²) in [6, 6.07) is 7.21. The molecule has 5 nitrogen and oxygen atoms in total. The van der Waals surface area contributed by atoms with Crippen LogP contribution in [0.5, 0.6) is 0 Å². The second-order valence-electron chi connectivity index (χ2n) is 5.84. The van der Waals surface area contributed by atoms with Gasteiger partial charge in [-0.1, -0.05) is 69.6 Å². The molecule has 156 valence electrons. The average molecular weight is 527 g/mol.